The molecule has 1 saturated heterocycles. The monoisotopic (exact) mass is 382 g/mol. The summed E-state index contributed by atoms with van der Waals surface area (Å²) in [6.45, 7) is 5.90. The van der Waals surface area contributed by atoms with Crippen molar-refractivity contribution in [2.75, 3.05) is 26.2 Å². The molecule has 1 aliphatic heterocycles. The SMILES string of the molecule is Cc1oc(-c2cccs2)nc1CC(=O)N1CCN(Cc2ccccn2)CC1. The Balaban J connectivity index is 1.32. The van der Waals surface area contributed by atoms with Crippen molar-refractivity contribution < 1.29 is 9.21 Å². The van der Waals surface area contributed by atoms with Crippen LogP contribution in [0.25, 0.3) is 10.8 Å². The van der Waals surface area contributed by atoms with Crippen LogP contribution < -0.4 is 0 Å². The Morgan fingerprint density at radius 1 is 1.19 bits per heavy atom. The number of carbonyl (C=O) groups excluding carboxylic acids is 1. The van der Waals surface area contributed by atoms with E-state index in [9.17, 15) is 4.79 Å². The van der Waals surface area contributed by atoms with E-state index >= 15 is 0 Å². The second-order valence-electron chi connectivity index (χ2n) is 6.65. The summed E-state index contributed by atoms with van der Waals surface area (Å²) in [5.41, 5.74) is 1.80. The number of aryl methyl sites for hydroxylation is 1. The van der Waals surface area contributed by atoms with Gasteiger partial charge in [0.25, 0.3) is 0 Å². The van der Waals surface area contributed by atoms with Crippen molar-refractivity contribution in [1.82, 2.24) is 19.8 Å². The Hall–Kier alpha value is -2.51. The number of pyridine rings is 1. The number of hydrogen-bond donors (Lipinski definition) is 0. The first-order valence-corrected chi connectivity index (χ1v) is 9.97. The molecule has 6 nitrogen and oxygen atoms in total. The van der Waals surface area contributed by atoms with Crippen LogP contribution in [0.3, 0.4) is 0 Å². The molecule has 4 heterocycles. The van der Waals surface area contributed by atoms with Gasteiger partial charge < -0.3 is 9.32 Å². The van der Waals surface area contributed by atoms with E-state index in [0.29, 0.717) is 12.3 Å². The van der Waals surface area contributed by atoms with Gasteiger partial charge >= 0.3 is 0 Å². The molecule has 0 spiro atoms. The molecule has 0 bridgehead atoms. The summed E-state index contributed by atoms with van der Waals surface area (Å²) >= 11 is 1.58. The number of rotatable bonds is 5. The maximum absolute atomic E-state index is 12.7. The molecule has 3 aromatic rings. The van der Waals surface area contributed by atoms with Crippen molar-refractivity contribution in [3.8, 4) is 10.8 Å². The summed E-state index contributed by atoms with van der Waals surface area (Å²) in [4.78, 5) is 26.9. The molecule has 4 rings (SSSR count). The largest absolute Gasteiger partial charge is 0.440 e. The van der Waals surface area contributed by atoms with E-state index in [4.69, 9.17) is 4.42 Å². The Labute approximate surface area is 162 Å². The fourth-order valence-corrected chi connectivity index (χ4v) is 3.88. The van der Waals surface area contributed by atoms with Gasteiger partial charge in [0, 0.05) is 38.9 Å². The van der Waals surface area contributed by atoms with Crippen LogP contribution in [0.2, 0.25) is 0 Å². The highest BCUT2D eigenvalue weighted by Gasteiger charge is 2.23. The van der Waals surface area contributed by atoms with E-state index in [1.807, 2.05) is 53.7 Å². The van der Waals surface area contributed by atoms with Crippen molar-refractivity contribution in [3.05, 3.63) is 59.1 Å². The van der Waals surface area contributed by atoms with Crippen molar-refractivity contribution in [2.24, 2.45) is 0 Å². The molecule has 1 amide bonds. The van der Waals surface area contributed by atoms with Gasteiger partial charge in [-0.1, -0.05) is 12.1 Å². The van der Waals surface area contributed by atoms with E-state index in [1.54, 1.807) is 11.3 Å². The Morgan fingerprint density at radius 3 is 2.74 bits per heavy atom. The highest BCUT2D eigenvalue weighted by atomic mass is 32.1. The third-order valence-electron chi connectivity index (χ3n) is 4.78. The van der Waals surface area contributed by atoms with E-state index in [2.05, 4.69) is 14.9 Å². The van der Waals surface area contributed by atoms with E-state index in [0.717, 1.165) is 54.7 Å². The summed E-state index contributed by atoms with van der Waals surface area (Å²) < 4.78 is 5.74. The van der Waals surface area contributed by atoms with Crippen LogP contribution in [0.15, 0.2) is 46.3 Å². The normalized spacial score (nSPS) is 15.2. The van der Waals surface area contributed by atoms with E-state index in [-0.39, 0.29) is 5.91 Å². The second-order valence-corrected chi connectivity index (χ2v) is 7.60. The number of nitrogens with zero attached hydrogens (tertiary/aromatic N) is 4. The zero-order valence-electron chi connectivity index (χ0n) is 15.3. The molecule has 0 aliphatic carbocycles. The molecule has 0 saturated carbocycles. The van der Waals surface area contributed by atoms with Crippen LogP contribution in [0.5, 0.6) is 0 Å². The molecular formula is C20H22N4O2S. The summed E-state index contributed by atoms with van der Waals surface area (Å²) in [5, 5.41) is 1.99. The van der Waals surface area contributed by atoms with Gasteiger partial charge in [0.2, 0.25) is 11.8 Å². The highest BCUT2D eigenvalue weighted by molar-refractivity contribution is 7.13. The first-order valence-electron chi connectivity index (χ1n) is 9.09. The second kappa shape index (κ2) is 8.02. The van der Waals surface area contributed by atoms with Crippen LogP contribution in [0.1, 0.15) is 17.1 Å². The molecule has 0 aromatic carbocycles. The fraction of sp³-hybridized carbons (Fsp3) is 0.350. The van der Waals surface area contributed by atoms with Gasteiger partial charge in [-0.05, 0) is 30.5 Å². The third kappa shape index (κ3) is 4.26. The number of oxazole rings is 1. The zero-order valence-corrected chi connectivity index (χ0v) is 16.1. The van der Waals surface area contributed by atoms with Gasteiger partial charge in [-0.25, -0.2) is 4.98 Å². The molecule has 7 heteroatoms. The van der Waals surface area contributed by atoms with Gasteiger partial charge in [0.05, 0.1) is 22.7 Å². The molecule has 1 fully saturated rings. The quantitative estimate of drug-likeness (QED) is 0.679. The number of aromatic nitrogens is 2. The molecule has 0 N–H and O–H groups in total. The average Bonchev–Trinajstić information content (AvgIpc) is 3.34. The molecule has 1 aliphatic rings. The minimum absolute atomic E-state index is 0.113. The number of thiophene rings is 1. The topological polar surface area (TPSA) is 62.5 Å². The fourth-order valence-electron chi connectivity index (χ4n) is 3.23. The lowest BCUT2D eigenvalue weighted by atomic mass is 10.2. The number of carbonyl (C=O) groups is 1. The van der Waals surface area contributed by atoms with Crippen molar-refractivity contribution in [1.29, 1.82) is 0 Å². The molecule has 27 heavy (non-hydrogen) atoms. The third-order valence-corrected chi connectivity index (χ3v) is 5.64. The molecule has 0 unspecified atom stereocenters. The van der Waals surface area contributed by atoms with E-state index < -0.39 is 0 Å². The Morgan fingerprint density at radius 2 is 2.04 bits per heavy atom. The first kappa shape index (κ1) is 17.9. The minimum Gasteiger partial charge on any atom is -0.440 e. The van der Waals surface area contributed by atoms with Crippen LogP contribution in [0, 0.1) is 6.92 Å². The summed E-state index contributed by atoms with van der Waals surface area (Å²) in [5.74, 6) is 1.44. The van der Waals surface area contributed by atoms with Crippen LogP contribution in [-0.2, 0) is 17.8 Å². The number of piperazine rings is 1. The molecule has 3 aromatic heterocycles. The van der Waals surface area contributed by atoms with Crippen LogP contribution in [-0.4, -0.2) is 51.9 Å². The zero-order chi connectivity index (χ0) is 18.6. The van der Waals surface area contributed by atoms with Gasteiger partial charge in [0.1, 0.15) is 5.76 Å². The summed E-state index contributed by atoms with van der Waals surface area (Å²) in [6.07, 6.45) is 2.11. The molecule has 140 valence electrons. The molecular weight excluding hydrogens is 360 g/mol. The number of hydrogen-bond acceptors (Lipinski definition) is 6. The Bertz CT molecular complexity index is 884. The van der Waals surface area contributed by atoms with Gasteiger partial charge in [-0.15, -0.1) is 11.3 Å². The molecule has 0 atom stereocenters. The summed E-state index contributed by atoms with van der Waals surface area (Å²) in [6, 6.07) is 9.91. The predicted molar refractivity (Wildman–Crippen MR) is 104 cm³/mol. The predicted octanol–water partition coefficient (Wildman–Crippen LogP) is 2.99. The average molecular weight is 382 g/mol. The smallest absolute Gasteiger partial charge is 0.236 e. The van der Waals surface area contributed by atoms with Gasteiger partial charge in [-0.3, -0.25) is 14.7 Å². The van der Waals surface area contributed by atoms with E-state index in [1.165, 1.54) is 0 Å². The lowest BCUT2D eigenvalue weighted by molar-refractivity contribution is -0.132. The van der Waals surface area contributed by atoms with Crippen molar-refractivity contribution >= 4 is 17.2 Å². The standard InChI is InChI=1S/C20H22N4O2S/c1-15-17(22-20(26-15)18-6-4-12-27-18)13-19(25)24-10-8-23(9-11-24)14-16-5-2-3-7-21-16/h2-7,12H,8-11,13-14H2,1H3. The van der Waals surface area contributed by atoms with Gasteiger partial charge in [0.15, 0.2) is 0 Å². The van der Waals surface area contributed by atoms with Crippen LogP contribution in [0.4, 0.5) is 0 Å². The van der Waals surface area contributed by atoms with Crippen molar-refractivity contribution in [2.45, 2.75) is 19.9 Å². The lowest BCUT2D eigenvalue weighted by Gasteiger charge is -2.34. The highest BCUT2D eigenvalue weighted by Crippen LogP contribution is 2.26. The summed E-state index contributed by atoms with van der Waals surface area (Å²) in [7, 11) is 0. The molecule has 0 radical (unpaired) electrons. The maximum atomic E-state index is 12.7. The number of amides is 1. The van der Waals surface area contributed by atoms with Crippen molar-refractivity contribution in [3.63, 3.8) is 0 Å². The Kier molecular flexibility index (Phi) is 5.31. The van der Waals surface area contributed by atoms with Crippen LogP contribution >= 0.6 is 11.3 Å². The minimum atomic E-state index is 0.113. The first-order chi connectivity index (χ1) is 13.2. The maximum Gasteiger partial charge on any atom is 0.236 e. The lowest BCUT2D eigenvalue weighted by Crippen LogP contribution is -2.48. The van der Waals surface area contributed by atoms with Gasteiger partial charge in [-0.2, -0.15) is 0 Å².